The van der Waals surface area contributed by atoms with Crippen LogP contribution in [0.5, 0.6) is 5.88 Å². The number of hydrogen-bond acceptors (Lipinski definition) is 5. The van der Waals surface area contributed by atoms with E-state index in [-0.39, 0.29) is 23.9 Å². The number of nitrogens with one attached hydrogen (secondary N) is 1. The molecule has 2 heterocycles. The van der Waals surface area contributed by atoms with Gasteiger partial charge in [0, 0.05) is 13.6 Å². The van der Waals surface area contributed by atoms with Gasteiger partial charge in [-0.25, -0.2) is 4.68 Å². The zero-order valence-corrected chi connectivity index (χ0v) is 16.6. The van der Waals surface area contributed by atoms with Crippen molar-refractivity contribution in [3.63, 3.8) is 0 Å². The quantitative estimate of drug-likeness (QED) is 0.795. The monoisotopic (exact) mass is 380 g/mol. The van der Waals surface area contributed by atoms with Crippen LogP contribution in [0, 0.1) is 0 Å². The van der Waals surface area contributed by atoms with Crippen molar-refractivity contribution in [2.75, 3.05) is 11.9 Å². The summed E-state index contributed by atoms with van der Waals surface area (Å²) in [6.07, 6.45) is 0. The van der Waals surface area contributed by atoms with E-state index in [0.29, 0.717) is 17.5 Å². The smallest absolute Gasteiger partial charge is 0.348 e. The van der Waals surface area contributed by atoms with Gasteiger partial charge < -0.3 is 14.9 Å². The van der Waals surface area contributed by atoms with Gasteiger partial charge in [0.2, 0.25) is 5.88 Å². The molecule has 1 aromatic heterocycles. The Labute approximate surface area is 152 Å². The van der Waals surface area contributed by atoms with Gasteiger partial charge in [-0.15, -0.1) is 0 Å². The normalized spacial score (nSPS) is 18.3. The first-order valence-electron chi connectivity index (χ1n) is 8.63. The van der Waals surface area contributed by atoms with Crippen molar-refractivity contribution in [1.82, 2.24) is 9.36 Å². The molecule has 142 valence electrons. The molecule has 2 aromatic rings. The van der Waals surface area contributed by atoms with Crippen LogP contribution in [0.1, 0.15) is 33.3 Å². The molecule has 2 N–H and O–H groups in total. The Morgan fingerprint density at radius 1 is 1.27 bits per heavy atom. The molecule has 9 heteroatoms. The van der Waals surface area contributed by atoms with Crippen LogP contribution in [-0.4, -0.2) is 26.9 Å². The lowest BCUT2D eigenvalue weighted by Gasteiger charge is -2.23. The molecular weight excluding hydrogens is 355 g/mol. The second-order valence-corrected chi connectivity index (χ2v) is 7.25. The maximum absolute atomic E-state index is 13.2. The first-order valence-corrected chi connectivity index (χ1v) is 10.2. The van der Waals surface area contributed by atoms with Crippen molar-refractivity contribution in [2.24, 2.45) is 11.8 Å². The number of hydrogen-bond donors (Lipinski definition) is 2. The molecule has 26 heavy (non-hydrogen) atoms. The van der Waals surface area contributed by atoms with Gasteiger partial charge in [0.15, 0.2) is 5.84 Å². The molecule has 0 aliphatic carbocycles. The largest absolute Gasteiger partial charge is 0.493 e. The Balaban J connectivity index is 0.00000117. The summed E-state index contributed by atoms with van der Waals surface area (Å²) in [6.45, 7) is 8.11. The molecule has 1 aliphatic rings. The molecule has 0 bridgehead atoms. The zero-order valence-electron chi connectivity index (χ0n) is 15.7. The van der Waals surface area contributed by atoms with Gasteiger partial charge in [-0.2, -0.15) is 4.76 Å². The minimum absolute atomic E-state index is 0.0196. The Bertz CT molecular complexity index is 929. The summed E-state index contributed by atoms with van der Waals surface area (Å²) in [4.78, 5) is 12.6. The van der Waals surface area contributed by atoms with E-state index in [9.17, 15) is 14.5 Å². The van der Waals surface area contributed by atoms with Crippen LogP contribution in [-0.2, 0) is 22.7 Å². The van der Waals surface area contributed by atoms with Gasteiger partial charge in [0.25, 0.3) is 5.56 Å². The average Bonchev–Trinajstić information content (AvgIpc) is 2.85. The minimum Gasteiger partial charge on any atom is -0.493 e. The number of aromatic hydroxyl groups is 1. The number of fused-ring (bicyclic) bond motifs is 1. The molecule has 3 rings (SSSR count). The molecule has 8 nitrogen and oxygen atoms in total. The first kappa shape index (κ1) is 20.0. The summed E-state index contributed by atoms with van der Waals surface area (Å²) >= 11 is 0. The van der Waals surface area contributed by atoms with Gasteiger partial charge in [0.1, 0.15) is 5.56 Å². The highest BCUT2D eigenvalue weighted by atomic mass is 31.2. The van der Waals surface area contributed by atoms with E-state index in [1.165, 1.54) is 9.36 Å². The fourth-order valence-corrected chi connectivity index (χ4v) is 4.53. The molecule has 0 fully saturated rings. The third-order valence-electron chi connectivity index (χ3n) is 3.87. The summed E-state index contributed by atoms with van der Waals surface area (Å²) in [5.41, 5.74) is 0.116. The molecule has 0 saturated heterocycles. The second kappa shape index (κ2) is 7.93. The molecule has 0 radical (unpaired) electrons. The van der Waals surface area contributed by atoms with Crippen molar-refractivity contribution in [3.05, 3.63) is 40.2 Å². The van der Waals surface area contributed by atoms with Crippen LogP contribution < -0.4 is 16.2 Å². The van der Waals surface area contributed by atoms with Crippen molar-refractivity contribution < 1.29 is 14.2 Å². The first-order chi connectivity index (χ1) is 12.4. The van der Waals surface area contributed by atoms with E-state index in [2.05, 4.69) is 10.1 Å². The van der Waals surface area contributed by atoms with Gasteiger partial charge in [-0.05, 0) is 26.0 Å². The van der Waals surface area contributed by atoms with E-state index in [0.717, 1.165) is 0 Å². The van der Waals surface area contributed by atoms with Crippen LogP contribution in [0.3, 0.4) is 0 Å². The summed E-state index contributed by atoms with van der Waals surface area (Å²) in [5.74, 6) is -0.189. The van der Waals surface area contributed by atoms with Gasteiger partial charge in [-0.1, -0.05) is 26.0 Å². The van der Waals surface area contributed by atoms with Crippen LogP contribution >= 0.6 is 7.52 Å². The molecule has 0 saturated carbocycles. The van der Waals surface area contributed by atoms with Gasteiger partial charge in [-0.3, -0.25) is 14.0 Å². The van der Waals surface area contributed by atoms with Crippen LogP contribution in [0.25, 0.3) is 0 Å². The number of nitrogens with zero attached hydrogens (tertiary/aromatic N) is 3. The number of aromatic nitrogens is 2. The summed E-state index contributed by atoms with van der Waals surface area (Å²) < 4.78 is 25.5. The third kappa shape index (κ3) is 3.22. The Morgan fingerprint density at radius 3 is 2.50 bits per heavy atom. The lowest BCUT2D eigenvalue weighted by molar-refractivity contribution is 0.341. The van der Waals surface area contributed by atoms with Crippen LogP contribution in [0.4, 0.5) is 5.69 Å². The molecule has 0 spiro atoms. The van der Waals surface area contributed by atoms with Crippen molar-refractivity contribution in [2.45, 2.75) is 34.2 Å². The molecule has 0 amide bonds. The van der Waals surface area contributed by atoms with Gasteiger partial charge >= 0.3 is 7.52 Å². The second-order valence-electron chi connectivity index (χ2n) is 5.27. The maximum Gasteiger partial charge on any atom is 0.348 e. The number of amidine groups is 1. The Hall–Kier alpha value is -2.31. The molecule has 1 aromatic carbocycles. The molecule has 1 atom stereocenters. The number of benzene rings is 1. The predicted octanol–water partition coefficient (Wildman–Crippen LogP) is 2.67. The minimum atomic E-state index is -3.52. The highest BCUT2D eigenvalue weighted by molar-refractivity contribution is 7.66. The molecule has 1 aliphatic heterocycles. The fraction of sp³-hybridized carbons (Fsp3) is 0.412. The van der Waals surface area contributed by atoms with E-state index < -0.39 is 13.1 Å². The standard InChI is InChI=1S/C15H19N4O4P.C2H6/c1-4-19-15(21)12(14(20)18(19)3)13-16-10-8-6-7-9-11(10)24(22,17-13)23-5-2;1-2/h6-9,20H,4-5H2,1-3H3,(H,16,17,22);1-2H3. The lowest BCUT2D eigenvalue weighted by Crippen LogP contribution is -2.30. The highest BCUT2D eigenvalue weighted by Gasteiger charge is 2.35. The Morgan fingerprint density at radius 2 is 1.92 bits per heavy atom. The van der Waals surface area contributed by atoms with E-state index in [4.69, 9.17) is 4.52 Å². The molecule has 1 unspecified atom stereocenters. The third-order valence-corrected chi connectivity index (χ3v) is 5.94. The highest BCUT2D eigenvalue weighted by Crippen LogP contribution is 2.51. The number of anilines is 1. The lowest BCUT2D eigenvalue weighted by atomic mass is 10.2. The van der Waals surface area contributed by atoms with Crippen molar-refractivity contribution >= 4 is 24.3 Å². The maximum atomic E-state index is 13.2. The van der Waals surface area contributed by atoms with E-state index in [1.807, 2.05) is 13.8 Å². The van der Waals surface area contributed by atoms with Crippen LogP contribution in [0.15, 0.2) is 33.8 Å². The SMILES string of the molecule is CC.CCOP1(=O)N=C(c2c(O)n(C)n(CC)c2=O)Nc2ccccc21. The predicted molar refractivity (Wildman–Crippen MR) is 104 cm³/mol. The zero-order chi connectivity index (χ0) is 19.5. The van der Waals surface area contributed by atoms with Crippen molar-refractivity contribution in [3.8, 4) is 5.88 Å². The van der Waals surface area contributed by atoms with Crippen molar-refractivity contribution in [1.29, 1.82) is 0 Å². The topological polar surface area (TPSA) is 97.8 Å². The Kier molecular flexibility index (Phi) is 6.10. The number of rotatable bonds is 4. The average molecular weight is 380 g/mol. The van der Waals surface area contributed by atoms with E-state index >= 15 is 0 Å². The fourth-order valence-electron chi connectivity index (χ4n) is 2.75. The molecular formula is C17H25N4O4P. The summed E-state index contributed by atoms with van der Waals surface area (Å²) in [5, 5.41) is 13.8. The summed E-state index contributed by atoms with van der Waals surface area (Å²) in [6, 6.07) is 6.93. The summed E-state index contributed by atoms with van der Waals surface area (Å²) in [7, 11) is -1.95. The van der Waals surface area contributed by atoms with Crippen LogP contribution in [0.2, 0.25) is 0 Å². The number of para-hydroxylation sites is 1. The van der Waals surface area contributed by atoms with E-state index in [1.54, 1.807) is 45.2 Å². The van der Waals surface area contributed by atoms with Gasteiger partial charge in [0.05, 0.1) is 17.6 Å².